The van der Waals surface area contributed by atoms with Crippen LogP contribution in [0.15, 0.2) is 65.5 Å². The summed E-state index contributed by atoms with van der Waals surface area (Å²) in [6.07, 6.45) is 6.87. The van der Waals surface area contributed by atoms with E-state index in [9.17, 15) is 4.79 Å². The maximum absolute atomic E-state index is 12.4. The minimum absolute atomic E-state index is 0.125. The molecule has 5 heteroatoms. The Labute approximate surface area is 152 Å². The van der Waals surface area contributed by atoms with Crippen molar-refractivity contribution in [3.05, 3.63) is 66.7 Å². The summed E-state index contributed by atoms with van der Waals surface area (Å²) in [5.41, 5.74) is 3.52. The molecule has 26 heavy (non-hydrogen) atoms. The molecule has 0 radical (unpaired) electrons. The van der Waals surface area contributed by atoms with E-state index >= 15 is 0 Å². The van der Waals surface area contributed by atoms with Gasteiger partial charge < -0.3 is 14.6 Å². The lowest BCUT2D eigenvalue weighted by molar-refractivity contribution is 0.102. The van der Waals surface area contributed by atoms with Crippen molar-refractivity contribution in [3.63, 3.8) is 0 Å². The lowest BCUT2D eigenvalue weighted by Crippen LogP contribution is -2.29. The number of hydrogen-bond acceptors (Lipinski definition) is 4. The number of anilines is 2. The summed E-state index contributed by atoms with van der Waals surface area (Å²) in [6.45, 7) is 2.23. The molecule has 3 aromatic rings. The van der Waals surface area contributed by atoms with Crippen LogP contribution < -0.4 is 10.2 Å². The molecule has 2 heterocycles. The molecule has 1 aromatic heterocycles. The van der Waals surface area contributed by atoms with Gasteiger partial charge in [-0.05, 0) is 55.7 Å². The van der Waals surface area contributed by atoms with Crippen LogP contribution in [0.2, 0.25) is 0 Å². The summed E-state index contributed by atoms with van der Waals surface area (Å²) in [7, 11) is 0. The molecule has 1 N–H and O–H groups in total. The smallest absolute Gasteiger partial charge is 0.255 e. The van der Waals surface area contributed by atoms with E-state index in [-0.39, 0.29) is 5.91 Å². The average molecular weight is 347 g/mol. The number of oxazole rings is 1. The maximum atomic E-state index is 12.4. The summed E-state index contributed by atoms with van der Waals surface area (Å²) < 4.78 is 5.26. The number of piperidine rings is 1. The highest BCUT2D eigenvalue weighted by molar-refractivity contribution is 6.04. The molecule has 0 bridgehead atoms. The second-order valence-electron chi connectivity index (χ2n) is 6.49. The molecule has 5 nitrogen and oxygen atoms in total. The minimum Gasteiger partial charge on any atom is -0.444 e. The Balaban J connectivity index is 1.41. The first-order valence-corrected chi connectivity index (χ1v) is 8.95. The number of rotatable bonds is 4. The van der Waals surface area contributed by atoms with Crippen LogP contribution in [-0.4, -0.2) is 24.0 Å². The summed E-state index contributed by atoms with van der Waals surface area (Å²) in [5, 5.41) is 2.95. The van der Waals surface area contributed by atoms with E-state index in [2.05, 4.69) is 27.3 Å². The van der Waals surface area contributed by atoms with Crippen LogP contribution in [0.5, 0.6) is 0 Å². The first-order chi connectivity index (χ1) is 12.8. The van der Waals surface area contributed by atoms with Gasteiger partial charge in [0.05, 0.1) is 6.20 Å². The maximum Gasteiger partial charge on any atom is 0.255 e. The molecule has 0 spiro atoms. The Hall–Kier alpha value is -3.08. The molecule has 0 unspecified atom stereocenters. The van der Waals surface area contributed by atoms with Gasteiger partial charge in [-0.3, -0.25) is 4.79 Å². The van der Waals surface area contributed by atoms with Crippen LogP contribution in [0.4, 0.5) is 11.4 Å². The number of benzene rings is 2. The van der Waals surface area contributed by atoms with Gasteiger partial charge in [-0.15, -0.1) is 0 Å². The number of nitrogens with zero attached hydrogens (tertiary/aromatic N) is 2. The van der Waals surface area contributed by atoms with Crippen LogP contribution in [0.25, 0.3) is 11.3 Å². The number of nitrogens with one attached hydrogen (secondary N) is 1. The molecule has 0 aliphatic carbocycles. The summed E-state index contributed by atoms with van der Waals surface area (Å²) in [5.74, 6) is 0.560. The summed E-state index contributed by atoms with van der Waals surface area (Å²) >= 11 is 0. The highest BCUT2D eigenvalue weighted by atomic mass is 16.3. The molecule has 1 saturated heterocycles. The van der Waals surface area contributed by atoms with Crippen LogP contribution in [0, 0.1) is 0 Å². The normalized spacial score (nSPS) is 14.2. The number of carbonyl (C=O) groups excluding carboxylic acids is 1. The highest BCUT2D eigenvalue weighted by Gasteiger charge is 2.11. The Kier molecular flexibility index (Phi) is 4.69. The lowest BCUT2D eigenvalue weighted by atomic mass is 10.1. The number of hydrogen-bond donors (Lipinski definition) is 1. The van der Waals surface area contributed by atoms with Crippen LogP contribution in [0.1, 0.15) is 29.6 Å². The Morgan fingerprint density at radius 3 is 2.35 bits per heavy atom. The zero-order valence-electron chi connectivity index (χ0n) is 14.5. The average Bonchev–Trinajstić information content (AvgIpc) is 3.24. The van der Waals surface area contributed by atoms with E-state index in [4.69, 9.17) is 4.42 Å². The number of amides is 1. The van der Waals surface area contributed by atoms with E-state index in [0.29, 0.717) is 11.3 Å². The first kappa shape index (κ1) is 16.4. The van der Waals surface area contributed by atoms with Crippen LogP contribution in [0.3, 0.4) is 0 Å². The fourth-order valence-electron chi connectivity index (χ4n) is 3.26. The number of aromatic nitrogens is 1. The molecule has 1 aliphatic heterocycles. The van der Waals surface area contributed by atoms with Crippen molar-refractivity contribution < 1.29 is 9.21 Å². The van der Waals surface area contributed by atoms with Gasteiger partial charge in [0.15, 0.2) is 12.2 Å². The zero-order chi connectivity index (χ0) is 17.8. The van der Waals surface area contributed by atoms with Gasteiger partial charge in [0.2, 0.25) is 0 Å². The van der Waals surface area contributed by atoms with Crippen LogP contribution >= 0.6 is 0 Å². The van der Waals surface area contributed by atoms with Crippen molar-refractivity contribution in [1.82, 2.24) is 4.98 Å². The van der Waals surface area contributed by atoms with Crippen molar-refractivity contribution in [3.8, 4) is 11.3 Å². The Bertz CT molecular complexity index is 849. The number of carbonyl (C=O) groups is 1. The van der Waals surface area contributed by atoms with Gasteiger partial charge in [-0.25, -0.2) is 4.98 Å². The van der Waals surface area contributed by atoms with Gasteiger partial charge in [0.25, 0.3) is 5.91 Å². The van der Waals surface area contributed by atoms with Gasteiger partial charge in [0, 0.05) is 35.6 Å². The van der Waals surface area contributed by atoms with Crippen molar-refractivity contribution in [2.75, 3.05) is 23.3 Å². The highest BCUT2D eigenvalue weighted by Crippen LogP contribution is 2.23. The standard InChI is InChI=1S/C21H21N3O2/c25-21(17-6-4-16(5-7-17)20-14-22-15-26-20)23-18-8-10-19(11-9-18)24-12-2-1-3-13-24/h4-11,14-15H,1-3,12-13H2,(H,23,25). The predicted molar refractivity (Wildman–Crippen MR) is 102 cm³/mol. The van der Waals surface area contributed by atoms with E-state index in [1.807, 2.05) is 24.3 Å². The fraction of sp³-hybridized carbons (Fsp3) is 0.238. The molecule has 1 aliphatic rings. The molecule has 0 atom stereocenters. The van der Waals surface area contributed by atoms with Crippen molar-refractivity contribution in [2.45, 2.75) is 19.3 Å². The molecule has 0 saturated carbocycles. The summed E-state index contributed by atoms with van der Waals surface area (Å²) in [6, 6.07) is 15.4. The third kappa shape index (κ3) is 3.61. The molecule has 1 fully saturated rings. The minimum atomic E-state index is -0.125. The largest absolute Gasteiger partial charge is 0.444 e. The van der Waals surface area contributed by atoms with Crippen molar-refractivity contribution in [2.24, 2.45) is 0 Å². The van der Waals surface area contributed by atoms with Gasteiger partial charge in [-0.1, -0.05) is 12.1 Å². The monoisotopic (exact) mass is 347 g/mol. The van der Waals surface area contributed by atoms with Gasteiger partial charge in [-0.2, -0.15) is 0 Å². The third-order valence-electron chi connectivity index (χ3n) is 4.71. The Morgan fingerprint density at radius 1 is 0.962 bits per heavy atom. The third-order valence-corrected chi connectivity index (χ3v) is 4.71. The van der Waals surface area contributed by atoms with Gasteiger partial charge in [0.1, 0.15) is 0 Å². The van der Waals surface area contributed by atoms with Gasteiger partial charge >= 0.3 is 0 Å². The SMILES string of the molecule is O=C(Nc1ccc(N2CCCCC2)cc1)c1ccc(-c2cnco2)cc1. The van der Waals surface area contributed by atoms with Crippen molar-refractivity contribution >= 4 is 17.3 Å². The molecule has 2 aromatic carbocycles. The lowest BCUT2D eigenvalue weighted by Gasteiger charge is -2.28. The van der Waals surface area contributed by atoms with E-state index in [1.54, 1.807) is 18.3 Å². The molecular weight excluding hydrogens is 326 g/mol. The predicted octanol–water partition coefficient (Wildman–Crippen LogP) is 4.58. The topological polar surface area (TPSA) is 58.4 Å². The van der Waals surface area contributed by atoms with Crippen molar-refractivity contribution in [1.29, 1.82) is 0 Å². The second-order valence-corrected chi connectivity index (χ2v) is 6.49. The van der Waals surface area contributed by atoms with E-state index in [0.717, 1.165) is 24.3 Å². The Morgan fingerprint density at radius 2 is 1.69 bits per heavy atom. The zero-order valence-corrected chi connectivity index (χ0v) is 14.5. The second kappa shape index (κ2) is 7.44. The molecule has 4 rings (SSSR count). The molecular formula is C21H21N3O2. The molecule has 1 amide bonds. The quantitative estimate of drug-likeness (QED) is 0.750. The first-order valence-electron chi connectivity index (χ1n) is 8.95. The summed E-state index contributed by atoms with van der Waals surface area (Å²) in [4.78, 5) is 18.7. The fourth-order valence-corrected chi connectivity index (χ4v) is 3.26. The molecule has 132 valence electrons. The van der Waals surface area contributed by atoms with E-state index in [1.165, 1.54) is 31.3 Å². The van der Waals surface area contributed by atoms with E-state index < -0.39 is 0 Å². The van der Waals surface area contributed by atoms with Crippen LogP contribution in [-0.2, 0) is 0 Å².